The number of hydrogen-bond donors (Lipinski definition) is 0. The number of likely N-dealkylation sites (tertiary alicyclic amines) is 1. The van der Waals surface area contributed by atoms with Crippen molar-refractivity contribution in [1.29, 1.82) is 0 Å². The fourth-order valence-corrected chi connectivity index (χ4v) is 2.44. The van der Waals surface area contributed by atoms with Crippen LogP contribution < -0.4 is 0 Å². The molecule has 0 aromatic heterocycles. The van der Waals surface area contributed by atoms with E-state index in [1.165, 1.54) is 0 Å². The molecule has 86 valence electrons. The predicted octanol–water partition coefficient (Wildman–Crippen LogP) is 0.709. The highest BCUT2D eigenvalue weighted by molar-refractivity contribution is 5.68. The molecule has 3 atom stereocenters. The summed E-state index contributed by atoms with van der Waals surface area (Å²) in [6.45, 7) is 5.77. The summed E-state index contributed by atoms with van der Waals surface area (Å²) >= 11 is 0. The highest BCUT2D eigenvalue weighted by atomic mass is 16.7. The normalized spacial score (nSPS) is 35.7. The van der Waals surface area contributed by atoms with Gasteiger partial charge in [0.2, 0.25) is 0 Å². The smallest absolute Gasteiger partial charge is 0.409 e. The molecule has 2 aliphatic rings. The molecule has 0 saturated carbocycles. The van der Waals surface area contributed by atoms with Crippen LogP contribution in [0.25, 0.3) is 0 Å². The Kier molecular flexibility index (Phi) is 2.84. The third-order valence-corrected chi connectivity index (χ3v) is 3.26. The lowest BCUT2D eigenvalue weighted by molar-refractivity contribution is -0.142. The minimum Gasteiger partial charge on any atom is -0.450 e. The molecule has 5 heteroatoms. The first-order valence-corrected chi connectivity index (χ1v) is 5.44. The maximum Gasteiger partial charge on any atom is 0.409 e. The zero-order valence-corrected chi connectivity index (χ0v) is 9.47. The number of amides is 1. The summed E-state index contributed by atoms with van der Waals surface area (Å²) in [4.78, 5) is 18.9. The fourth-order valence-electron chi connectivity index (χ4n) is 2.44. The Morgan fingerprint density at radius 3 is 2.87 bits per heavy atom. The van der Waals surface area contributed by atoms with Crippen molar-refractivity contribution in [2.24, 2.45) is 5.92 Å². The van der Waals surface area contributed by atoms with Crippen LogP contribution in [0, 0.1) is 5.92 Å². The lowest BCUT2D eigenvalue weighted by Gasteiger charge is -2.20. The number of rotatable bonds is 1. The second-order valence-corrected chi connectivity index (χ2v) is 4.19. The molecule has 2 heterocycles. The zero-order valence-electron chi connectivity index (χ0n) is 9.47. The molecule has 0 radical (unpaired) electrons. The minimum atomic E-state index is -0.201. The molecule has 2 rings (SSSR count). The van der Waals surface area contributed by atoms with Gasteiger partial charge < -0.3 is 9.64 Å². The van der Waals surface area contributed by atoms with Crippen LogP contribution in [0.1, 0.15) is 13.8 Å². The molecule has 2 aliphatic heterocycles. The first-order valence-electron chi connectivity index (χ1n) is 5.44. The molecule has 2 fully saturated rings. The summed E-state index contributed by atoms with van der Waals surface area (Å²) in [6.07, 6.45) is -0.00748. The van der Waals surface area contributed by atoms with E-state index in [1.54, 1.807) is 4.90 Å². The second-order valence-electron chi connectivity index (χ2n) is 4.19. The molecule has 0 bridgehead atoms. The van der Waals surface area contributed by atoms with Crippen LogP contribution in [0.5, 0.6) is 0 Å². The van der Waals surface area contributed by atoms with Gasteiger partial charge in [0.05, 0.1) is 18.8 Å². The van der Waals surface area contributed by atoms with Gasteiger partial charge in [0, 0.05) is 26.1 Å². The van der Waals surface area contributed by atoms with E-state index < -0.39 is 0 Å². The summed E-state index contributed by atoms with van der Waals surface area (Å²) < 4.78 is 4.99. The number of hydroxylamine groups is 2. The van der Waals surface area contributed by atoms with E-state index in [9.17, 15) is 4.79 Å². The van der Waals surface area contributed by atoms with Crippen molar-refractivity contribution in [2.45, 2.75) is 26.0 Å². The largest absolute Gasteiger partial charge is 0.450 e. The number of carbonyl (C=O) groups is 1. The van der Waals surface area contributed by atoms with Gasteiger partial charge in [-0.15, -0.1) is 0 Å². The zero-order chi connectivity index (χ0) is 11.0. The summed E-state index contributed by atoms with van der Waals surface area (Å²) in [5.74, 6) is 0.416. The number of nitrogens with zero attached hydrogens (tertiary/aromatic N) is 2. The van der Waals surface area contributed by atoms with E-state index in [2.05, 4.69) is 6.92 Å². The molecule has 5 nitrogen and oxygen atoms in total. The Bertz CT molecular complexity index is 243. The summed E-state index contributed by atoms with van der Waals surface area (Å²) in [5.41, 5.74) is 0. The number of likely N-dealkylation sites (N-methyl/N-ethyl adjacent to an activating group) is 1. The van der Waals surface area contributed by atoms with Crippen molar-refractivity contribution >= 4 is 6.09 Å². The van der Waals surface area contributed by atoms with Crippen molar-refractivity contribution in [2.75, 3.05) is 26.7 Å². The number of hydrogen-bond acceptors (Lipinski definition) is 4. The van der Waals surface area contributed by atoms with Crippen LogP contribution in [-0.2, 0) is 9.57 Å². The Hall–Kier alpha value is -0.810. The molecular formula is C10H18N2O3. The third kappa shape index (κ3) is 1.81. The molecule has 0 spiro atoms. The molecule has 0 N–H and O–H groups in total. The van der Waals surface area contributed by atoms with Gasteiger partial charge in [-0.25, -0.2) is 4.79 Å². The van der Waals surface area contributed by atoms with Crippen LogP contribution in [0.2, 0.25) is 0 Å². The second kappa shape index (κ2) is 3.98. The molecule has 2 saturated heterocycles. The molecule has 15 heavy (non-hydrogen) atoms. The average molecular weight is 214 g/mol. The van der Waals surface area contributed by atoms with Crippen LogP contribution in [0.3, 0.4) is 0 Å². The quantitative estimate of drug-likeness (QED) is 0.644. The van der Waals surface area contributed by atoms with Gasteiger partial charge >= 0.3 is 6.09 Å². The molecule has 0 aliphatic carbocycles. The van der Waals surface area contributed by atoms with Crippen molar-refractivity contribution in [3.63, 3.8) is 0 Å². The van der Waals surface area contributed by atoms with Crippen molar-refractivity contribution in [3.8, 4) is 0 Å². The van der Waals surface area contributed by atoms with E-state index in [0.29, 0.717) is 25.1 Å². The van der Waals surface area contributed by atoms with Crippen LogP contribution >= 0.6 is 0 Å². The fraction of sp³-hybridized carbons (Fsp3) is 0.900. The van der Waals surface area contributed by atoms with E-state index >= 15 is 0 Å². The molecular weight excluding hydrogens is 196 g/mol. The van der Waals surface area contributed by atoms with Gasteiger partial charge in [0.15, 0.2) is 0 Å². The Morgan fingerprint density at radius 1 is 1.53 bits per heavy atom. The lowest BCUT2D eigenvalue weighted by Crippen LogP contribution is -2.35. The number of ether oxygens (including phenoxy) is 1. The van der Waals surface area contributed by atoms with E-state index in [1.807, 2.05) is 19.0 Å². The predicted molar refractivity (Wildman–Crippen MR) is 54.2 cm³/mol. The highest BCUT2D eigenvalue weighted by Gasteiger charge is 2.47. The SMILES string of the molecule is CCOC(=O)N1CC2C(C)ON(C)C2C1. The van der Waals surface area contributed by atoms with Crippen LogP contribution in [-0.4, -0.2) is 54.9 Å². The van der Waals surface area contributed by atoms with Gasteiger partial charge in [-0.05, 0) is 13.8 Å². The highest BCUT2D eigenvalue weighted by Crippen LogP contribution is 2.32. The molecule has 3 unspecified atom stereocenters. The Labute approximate surface area is 89.9 Å². The first kappa shape index (κ1) is 10.7. The van der Waals surface area contributed by atoms with Crippen LogP contribution in [0.4, 0.5) is 4.79 Å². The number of carbonyl (C=O) groups excluding carboxylic acids is 1. The van der Waals surface area contributed by atoms with Crippen molar-refractivity contribution in [1.82, 2.24) is 9.96 Å². The topological polar surface area (TPSA) is 42.0 Å². The van der Waals surface area contributed by atoms with Gasteiger partial charge in [0.1, 0.15) is 0 Å². The third-order valence-electron chi connectivity index (χ3n) is 3.26. The van der Waals surface area contributed by atoms with Crippen LogP contribution in [0.15, 0.2) is 0 Å². The van der Waals surface area contributed by atoms with Gasteiger partial charge in [-0.2, -0.15) is 5.06 Å². The summed E-state index contributed by atoms with van der Waals surface area (Å²) in [7, 11) is 1.93. The monoisotopic (exact) mass is 214 g/mol. The lowest BCUT2D eigenvalue weighted by atomic mass is 10.0. The molecule has 1 amide bonds. The Morgan fingerprint density at radius 2 is 2.27 bits per heavy atom. The minimum absolute atomic E-state index is 0.194. The summed E-state index contributed by atoms with van der Waals surface area (Å²) in [6, 6.07) is 0.324. The molecule has 0 aromatic carbocycles. The van der Waals surface area contributed by atoms with E-state index in [-0.39, 0.29) is 12.2 Å². The molecule has 0 aromatic rings. The van der Waals surface area contributed by atoms with Gasteiger partial charge in [0.25, 0.3) is 0 Å². The maximum atomic E-state index is 11.5. The summed E-state index contributed by atoms with van der Waals surface area (Å²) in [5, 5.41) is 1.87. The maximum absolute atomic E-state index is 11.5. The van der Waals surface area contributed by atoms with Gasteiger partial charge in [-0.3, -0.25) is 4.84 Å². The van der Waals surface area contributed by atoms with E-state index in [4.69, 9.17) is 9.57 Å². The average Bonchev–Trinajstić information content (AvgIpc) is 2.70. The van der Waals surface area contributed by atoms with E-state index in [0.717, 1.165) is 6.54 Å². The first-order chi connectivity index (χ1) is 7.13. The van der Waals surface area contributed by atoms with Crippen molar-refractivity contribution in [3.05, 3.63) is 0 Å². The standard InChI is InChI=1S/C10H18N2O3/c1-4-14-10(13)12-5-8-7(2)15-11(3)9(8)6-12/h7-9H,4-6H2,1-3H3. The van der Waals surface area contributed by atoms with Gasteiger partial charge in [-0.1, -0.05) is 0 Å². The Balaban J connectivity index is 1.97. The van der Waals surface area contributed by atoms with Crippen molar-refractivity contribution < 1.29 is 14.4 Å². The number of fused-ring (bicyclic) bond motifs is 1.